The molecular formula is C12H13BrClNO. The van der Waals surface area contributed by atoms with E-state index in [-0.39, 0.29) is 6.04 Å². The summed E-state index contributed by atoms with van der Waals surface area (Å²) in [6, 6.07) is 5.55. The zero-order chi connectivity index (χ0) is 11.5. The minimum absolute atomic E-state index is 0.119. The molecule has 0 bridgehead atoms. The van der Waals surface area contributed by atoms with Crippen molar-refractivity contribution in [1.29, 1.82) is 0 Å². The smallest absolute Gasteiger partial charge is 0.0876 e. The van der Waals surface area contributed by atoms with Crippen LogP contribution in [0.25, 0.3) is 0 Å². The van der Waals surface area contributed by atoms with E-state index in [9.17, 15) is 0 Å². The van der Waals surface area contributed by atoms with Gasteiger partial charge >= 0.3 is 0 Å². The fourth-order valence-corrected chi connectivity index (χ4v) is 2.70. The lowest BCUT2D eigenvalue weighted by Crippen LogP contribution is -2.16. The second-order valence-electron chi connectivity index (χ2n) is 3.81. The van der Waals surface area contributed by atoms with Crippen molar-refractivity contribution < 1.29 is 4.74 Å². The lowest BCUT2D eigenvalue weighted by Gasteiger charge is -2.21. The maximum atomic E-state index is 6.20. The molecule has 86 valence electrons. The van der Waals surface area contributed by atoms with Gasteiger partial charge in [-0.15, -0.1) is 0 Å². The highest BCUT2D eigenvalue weighted by Crippen LogP contribution is 2.31. The Kier molecular flexibility index (Phi) is 3.90. The summed E-state index contributed by atoms with van der Waals surface area (Å²) >= 11 is 9.38. The molecule has 2 rings (SSSR count). The lowest BCUT2D eigenvalue weighted by atomic mass is 9.96. The first kappa shape index (κ1) is 12.0. The Bertz CT molecular complexity index is 419. The molecule has 0 amide bonds. The second kappa shape index (κ2) is 5.21. The van der Waals surface area contributed by atoms with Crippen molar-refractivity contribution in [2.75, 3.05) is 6.61 Å². The number of nitrogens with two attached hydrogens (primary N) is 1. The first-order valence-corrected chi connectivity index (χ1v) is 6.36. The molecule has 2 nitrogen and oxygen atoms in total. The standard InChI is InChI=1S/C12H13BrClNO/c13-11-6-9(14)3-4-10(11)12(15)8-2-1-5-16-7-8/h3-4,6-7,12H,1-2,5,15H2. The van der Waals surface area contributed by atoms with Crippen LogP contribution in [0.3, 0.4) is 0 Å². The molecule has 1 aromatic carbocycles. The summed E-state index contributed by atoms with van der Waals surface area (Å²) in [5.41, 5.74) is 8.38. The van der Waals surface area contributed by atoms with Crippen LogP contribution in [-0.4, -0.2) is 6.61 Å². The summed E-state index contributed by atoms with van der Waals surface area (Å²) in [6.45, 7) is 0.790. The summed E-state index contributed by atoms with van der Waals surface area (Å²) in [7, 11) is 0. The van der Waals surface area contributed by atoms with Gasteiger partial charge in [-0.1, -0.05) is 33.6 Å². The maximum Gasteiger partial charge on any atom is 0.0876 e. The predicted molar refractivity (Wildman–Crippen MR) is 69.3 cm³/mol. The van der Waals surface area contributed by atoms with Crippen molar-refractivity contribution in [3.05, 3.63) is 45.1 Å². The van der Waals surface area contributed by atoms with Crippen LogP contribution < -0.4 is 5.73 Å². The molecule has 4 heteroatoms. The minimum Gasteiger partial charge on any atom is -0.501 e. The number of hydrogen-bond donors (Lipinski definition) is 1. The SMILES string of the molecule is NC(C1=COCCC1)c1ccc(Cl)cc1Br. The first-order valence-electron chi connectivity index (χ1n) is 5.19. The van der Waals surface area contributed by atoms with Crippen LogP contribution >= 0.6 is 27.5 Å². The van der Waals surface area contributed by atoms with Gasteiger partial charge < -0.3 is 10.5 Å². The summed E-state index contributed by atoms with van der Waals surface area (Å²) in [5.74, 6) is 0. The number of halogens is 2. The minimum atomic E-state index is -0.119. The van der Waals surface area contributed by atoms with Crippen LogP contribution in [-0.2, 0) is 4.74 Å². The van der Waals surface area contributed by atoms with Gasteiger partial charge in [-0.05, 0) is 36.1 Å². The van der Waals surface area contributed by atoms with E-state index in [4.69, 9.17) is 22.1 Å². The van der Waals surface area contributed by atoms with E-state index in [0.29, 0.717) is 5.02 Å². The van der Waals surface area contributed by atoms with Gasteiger partial charge in [0.05, 0.1) is 18.9 Å². The average molecular weight is 303 g/mol. The van der Waals surface area contributed by atoms with Gasteiger partial charge in [0.15, 0.2) is 0 Å². The topological polar surface area (TPSA) is 35.2 Å². The van der Waals surface area contributed by atoms with Gasteiger partial charge in [-0.3, -0.25) is 0 Å². The molecule has 0 fully saturated rings. The molecular weight excluding hydrogens is 289 g/mol. The molecule has 0 aliphatic carbocycles. The molecule has 0 saturated carbocycles. The Morgan fingerprint density at radius 3 is 2.88 bits per heavy atom. The first-order chi connectivity index (χ1) is 7.68. The molecule has 0 spiro atoms. The summed E-state index contributed by atoms with van der Waals surface area (Å²) in [4.78, 5) is 0. The monoisotopic (exact) mass is 301 g/mol. The zero-order valence-electron chi connectivity index (χ0n) is 8.75. The van der Waals surface area contributed by atoms with Crippen LogP contribution in [0, 0.1) is 0 Å². The summed E-state index contributed by atoms with van der Waals surface area (Å²) in [6.07, 6.45) is 3.82. The van der Waals surface area contributed by atoms with E-state index in [0.717, 1.165) is 35.1 Å². The maximum absolute atomic E-state index is 6.20. The highest BCUT2D eigenvalue weighted by Gasteiger charge is 2.17. The van der Waals surface area contributed by atoms with Crippen LogP contribution in [0.4, 0.5) is 0 Å². The van der Waals surface area contributed by atoms with Gasteiger partial charge in [0.1, 0.15) is 0 Å². The third-order valence-electron chi connectivity index (χ3n) is 2.66. The Morgan fingerprint density at radius 1 is 1.44 bits per heavy atom. The second-order valence-corrected chi connectivity index (χ2v) is 5.10. The van der Waals surface area contributed by atoms with E-state index in [1.165, 1.54) is 0 Å². The molecule has 0 aromatic heterocycles. The fraction of sp³-hybridized carbons (Fsp3) is 0.333. The molecule has 2 N–H and O–H groups in total. The summed E-state index contributed by atoms with van der Waals surface area (Å²) in [5, 5.41) is 0.705. The molecule has 1 aromatic rings. The number of ether oxygens (including phenoxy) is 1. The van der Waals surface area contributed by atoms with Crippen LogP contribution in [0.15, 0.2) is 34.5 Å². The van der Waals surface area contributed by atoms with Gasteiger partial charge in [-0.25, -0.2) is 0 Å². The Labute approximate surface area is 109 Å². The molecule has 0 saturated heterocycles. The molecule has 1 atom stereocenters. The van der Waals surface area contributed by atoms with Crippen molar-refractivity contribution in [3.8, 4) is 0 Å². The van der Waals surface area contributed by atoms with Gasteiger partial charge in [-0.2, -0.15) is 0 Å². The molecule has 0 radical (unpaired) electrons. The van der Waals surface area contributed by atoms with Gasteiger partial charge in [0, 0.05) is 9.50 Å². The molecule has 1 unspecified atom stereocenters. The predicted octanol–water partition coefficient (Wildman–Crippen LogP) is 3.80. The van der Waals surface area contributed by atoms with Crippen molar-refractivity contribution in [1.82, 2.24) is 0 Å². The molecule has 1 aliphatic rings. The third-order valence-corrected chi connectivity index (χ3v) is 3.58. The highest BCUT2D eigenvalue weighted by molar-refractivity contribution is 9.10. The molecule has 1 heterocycles. The quantitative estimate of drug-likeness (QED) is 0.902. The van der Waals surface area contributed by atoms with Crippen molar-refractivity contribution >= 4 is 27.5 Å². The Balaban J connectivity index is 2.26. The average Bonchev–Trinajstić information content (AvgIpc) is 2.29. The van der Waals surface area contributed by atoms with Crippen LogP contribution in [0.1, 0.15) is 24.4 Å². The van der Waals surface area contributed by atoms with E-state index in [1.54, 1.807) is 6.26 Å². The van der Waals surface area contributed by atoms with E-state index < -0.39 is 0 Å². The van der Waals surface area contributed by atoms with Crippen LogP contribution in [0.2, 0.25) is 5.02 Å². The summed E-state index contributed by atoms with van der Waals surface area (Å²) < 4.78 is 6.25. The fourth-order valence-electron chi connectivity index (χ4n) is 1.77. The normalized spacial score (nSPS) is 17.6. The van der Waals surface area contributed by atoms with Crippen LogP contribution in [0.5, 0.6) is 0 Å². The van der Waals surface area contributed by atoms with E-state index in [2.05, 4.69) is 15.9 Å². The zero-order valence-corrected chi connectivity index (χ0v) is 11.1. The third kappa shape index (κ3) is 2.59. The number of rotatable bonds is 2. The molecule has 1 aliphatic heterocycles. The van der Waals surface area contributed by atoms with E-state index >= 15 is 0 Å². The van der Waals surface area contributed by atoms with Crippen molar-refractivity contribution in [2.24, 2.45) is 5.73 Å². The Hall–Kier alpha value is -0.510. The largest absolute Gasteiger partial charge is 0.501 e. The lowest BCUT2D eigenvalue weighted by molar-refractivity contribution is 0.221. The highest BCUT2D eigenvalue weighted by atomic mass is 79.9. The van der Waals surface area contributed by atoms with Crippen molar-refractivity contribution in [3.63, 3.8) is 0 Å². The molecule has 16 heavy (non-hydrogen) atoms. The number of hydrogen-bond acceptors (Lipinski definition) is 2. The van der Waals surface area contributed by atoms with Gasteiger partial charge in [0.2, 0.25) is 0 Å². The number of benzene rings is 1. The Morgan fingerprint density at radius 2 is 2.25 bits per heavy atom. The van der Waals surface area contributed by atoms with E-state index in [1.807, 2.05) is 18.2 Å². The van der Waals surface area contributed by atoms with Crippen molar-refractivity contribution in [2.45, 2.75) is 18.9 Å². The van der Waals surface area contributed by atoms with Gasteiger partial charge in [0.25, 0.3) is 0 Å².